The first-order valence-electron chi connectivity index (χ1n) is 9.08. The van der Waals surface area contributed by atoms with E-state index >= 15 is 0 Å². The van der Waals surface area contributed by atoms with Crippen molar-refractivity contribution < 1.29 is 18.1 Å². The Kier molecular flexibility index (Phi) is 7.87. The zero-order valence-electron chi connectivity index (χ0n) is 16.8. The Morgan fingerprint density at radius 2 is 1.79 bits per heavy atom. The van der Waals surface area contributed by atoms with Crippen molar-refractivity contribution in [3.8, 4) is 11.5 Å². The van der Waals surface area contributed by atoms with Crippen LogP contribution in [0.5, 0.6) is 11.5 Å². The Hall–Kier alpha value is -1.63. The van der Waals surface area contributed by atoms with Gasteiger partial charge in [-0.2, -0.15) is 0 Å². The number of benzene rings is 2. The molecular formula is C21H27ClFNO3S. The molecule has 28 heavy (non-hydrogen) atoms. The first-order chi connectivity index (χ1) is 13.2. The molecule has 0 heterocycles. The number of halogens is 2. The quantitative estimate of drug-likeness (QED) is 0.599. The summed E-state index contributed by atoms with van der Waals surface area (Å²) in [5.41, 5.74) is 1.32. The summed E-state index contributed by atoms with van der Waals surface area (Å²) in [5, 5.41) is 0.283. The van der Waals surface area contributed by atoms with Crippen molar-refractivity contribution in [3.63, 3.8) is 0 Å². The smallest absolute Gasteiger partial charge is 0.125 e. The SMILES string of the molecule is CC[C@@H](N[S@](=O)C(C)(C)C)c1cc(F)cc(Cl)c1COc1ccc(OC)cc1. The van der Waals surface area contributed by atoms with E-state index in [1.54, 1.807) is 31.4 Å². The molecule has 0 saturated carbocycles. The van der Waals surface area contributed by atoms with Gasteiger partial charge in [0.05, 0.1) is 27.9 Å². The van der Waals surface area contributed by atoms with E-state index in [-0.39, 0.29) is 17.7 Å². The third-order valence-electron chi connectivity index (χ3n) is 4.23. The van der Waals surface area contributed by atoms with Gasteiger partial charge in [0.1, 0.15) is 23.9 Å². The van der Waals surface area contributed by atoms with Crippen LogP contribution in [-0.2, 0) is 17.6 Å². The minimum atomic E-state index is -1.30. The van der Waals surface area contributed by atoms with Crippen LogP contribution in [-0.4, -0.2) is 16.1 Å². The second-order valence-electron chi connectivity index (χ2n) is 7.38. The maximum absolute atomic E-state index is 14.1. The molecule has 2 aromatic carbocycles. The Balaban J connectivity index is 2.29. The average molecular weight is 428 g/mol. The highest BCUT2D eigenvalue weighted by molar-refractivity contribution is 7.84. The lowest BCUT2D eigenvalue weighted by Gasteiger charge is -2.26. The maximum atomic E-state index is 14.1. The largest absolute Gasteiger partial charge is 0.497 e. The molecule has 1 N–H and O–H groups in total. The predicted molar refractivity (Wildman–Crippen MR) is 113 cm³/mol. The Morgan fingerprint density at radius 3 is 2.32 bits per heavy atom. The Labute approximate surface area is 174 Å². The lowest BCUT2D eigenvalue weighted by Crippen LogP contribution is -2.36. The highest BCUT2D eigenvalue weighted by atomic mass is 35.5. The number of hydrogen-bond acceptors (Lipinski definition) is 3. The molecule has 0 saturated heterocycles. The standard InChI is InChI=1S/C21H27ClFNO3S/c1-6-20(24-28(25)21(2,3)4)17-11-14(23)12-19(22)18(17)13-27-16-9-7-15(26-5)8-10-16/h7-12,20,24H,6,13H2,1-5H3/t20-,28-/m1/s1. The van der Waals surface area contributed by atoms with Crippen LogP contribution < -0.4 is 14.2 Å². The molecule has 0 aromatic heterocycles. The highest BCUT2D eigenvalue weighted by Crippen LogP contribution is 2.31. The number of methoxy groups -OCH3 is 1. The lowest BCUT2D eigenvalue weighted by atomic mass is 9.99. The fourth-order valence-corrected chi connectivity index (χ4v) is 3.76. The van der Waals surface area contributed by atoms with Crippen molar-refractivity contribution in [2.24, 2.45) is 0 Å². The predicted octanol–water partition coefficient (Wildman–Crippen LogP) is 5.57. The molecule has 2 atom stereocenters. The third kappa shape index (κ3) is 5.93. The summed E-state index contributed by atoms with van der Waals surface area (Å²) < 4.78 is 40.3. The van der Waals surface area contributed by atoms with Crippen molar-refractivity contribution in [1.82, 2.24) is 4.72 Å². The third-order valence-corrected chi connectivity index (χ3v) is 6.17. The van der Waals surface area contributed by atoms with Gasteiger partial charge in [0.25, 0.3) is 0 Å². The molecule has 4 nitrogen and oxygen atoms in total. The Morgan fingerprint density at radius 1 is 1.18 bits per heavy atom. The van der Waals surface area contributed by atoms with Crippen LogP contribution in [0.3, 0.4) is 0 Å². The minimum absolute atomic E-state index is 0.168. The minimum Gasteiger partial charge on any atom is -0.497 e. The highest BCUT2D eigenvalue weighted by Gasteiger charge is 2.25. The molecule has 154 valence electrons. The first kappa shape index (κ1) is 22.7. The monoisotopic (exact) mass is 427 g/mol. The van der Waals surface area contributed by atoms with Crippen LogP contribution >= 0.6 is 11.6 Å². The van der Waals surface area contributed by atoms with E-state index in [1.165, 1.54) is 12.1 Å². The van der Waals surface area contributed by atoms with Crippen LogP contribution in [0.4, 0.5) is 4.39 Å². The van der Waals surface area contributed by atoms with E-state index in [0.29, 0.717) is 23.3 Å². The van der Waals surface area contributed by atoms with Crippen molar-refractivity contribution in [3.05, 3.63) is 58.4 Å². The first-order valence-corrected chi connectivity index (χ1v) is 10.6. The molecule has 0 bridgehead atoms. The maximum Gasteiger partial charge on any atom is 0.125 e. The summed E-state index contributed by atoms with van der Waals surface area (Å²) in [5.74, 6) is 0.939. The molecule has 0 radical (unpaired) electrons. The van der Waals surface area contributed by atoms with Crippen molar-refractivity contribution in [1.29, 1.82) is 0 Å². The van der Waals surface area contributed by atoms with Crippen molar-refractivity contribution in [2.75, 3.05) is 7.11 Å². The molecular weight excluding hydrogens is 401 g/mol. The molecule has 0 aliphatic heterocycles. The van der Waals surface area contributed by atoms with Gasteiger partial charge in [-0.15, -0.1) is 0 Å². The van der Waals surface area contributed by atoms with Gasteiger partial charge in [0.2, 0.25) is 0 Å². The van der Waals surface area contributed by atoms with Crippen LogP contribution in [0.1, 0.15) is 51.3 Å². The van der Waals surface area contributed by atoms with Gasteiger partial charge in [-0.3, -0.25) is 0 Å². The van der Waals surface area contributed by atoms with Gasteiger partial charge in [-0.05, 0) is 69.2 Å². The Bertz CT molecular complexity index is 822. The number of hydrogen-bond donors (Lipinski definition) is 1. The molecule has 0 aliphatic rings. The van der Waals surface area contributed by atoms with E-state index in [0.717, 1.165) is 5.75 Å². The van der Waals surface area contributed by atoms with Gasteiger partial charge < -0.3 is 9.47 Å². The molecule has 0 spiro atoms. The van der Waals surface area contributed by atoms with E-state index in [1.807, 2.05) is 27.7 Å². The van der Waals surface area contributed by atoms with Crippen LogP contribution in [0.2, 0.25) is 5.02 Å². The number of rotatable bonds is 8. The van der Waals surface area contributed by atoms with Crippen LogP contribution in [0.25, 0.3) is 0 Å². The van der Waals surface area contributed by atoms with E-state index in [4.69, 9.17) is 21.1 Å². The fourth-order valence-electron chi connectivity index (χ4n) is 2.59. The second-order valence-corrected chi connectivity index (χ2v) is 9.78. The molecule has 0 fully saturated rings. The normalized spacial score (nSPS) is 13.8. The molecule has 0 unspecified atom stereocenters. The molecule has 2 aromatic rings. The summed E-state index contributed by atoms with van der Waals surface area (Å²) in [6, 6.07) is 9.56. The molecule has 7 heteroatoms. The number of ether oxygens (including phenoxy) is 2. The van der Waals surface area contributed by atoms with Crippen molar-refractivity contribution in [2.45, 2.75) is 51.5 Å². The lowest BCUT2D eigenvalue weighted by molar-refractivity contribution is 0.303. The van der Waals surface area contributed by atoms with E-state index in [9.17, 15) is 8.60 Å². The summed E-state index contributed by atoms with van der Waals surface area (Å²) in [6.45, 7) is 7.77. The van der Waals surface area contributed by atoms with E-state index in [2.05, 4.69) is 4.72 Å². The van der Waals surface area contributed by atoms with Crippen LogP contribution in [0.15, 0.2) is 36.4 Å². The van der Waals surface area contributed by atoms with Gasteiger partial charge in [0.15, 0.2) is 0 Å². The second kappa shape index (κ2) is 9.72. The van der Waals surface area contributed by atoms with Crippen molar-refractivity contribution >= 4 is 22.6 Å². The summed E-state index contributed by atoms with van der Waals surface area (Å²) >= 11 is 6.33. The molecule has 2 rings (SSSR count). The van der Waals surface area contributed by atoms with Gasteiger partial charge in [-0.25, -0.2) is 13.3 Å². The summed E-state index contributed by atoms with van der Waals surface area (Å²) in [4.78, 5) is 0. The van der Waals surface area contributed by atoms with Crippen LogP contribution in [0, 0.1) is 5.82 Å². The van der Waals surface area contributed by atoms with Gasteiger partial charge in [-0.1, -0.05) is 18.5 Å². The summed E-state index contributed by atoms with van der Waals surface area (Å²) in [7, 11) is 0.294. The molecule has 0 aliphatic carbocycles. The number of nitrogens with one attached hydrogen (secondary N) is 1. The fraction of sp³-hybridized carbons (Fsp3) is 0.429. The van der Waals surface area contributed by atoms with E-state index < -0.39 is 21.5 Å². The van der Waals surface area contributed by atoms with Gasteiger partial charge >= 0.3 is 0 Å². The average Bonchev–Trinajstić information content (AvgIpc) is 2.64. The summed E-state index contributed by atoms with van der Waals surface area (Å²) in [6.07, 6.45) is 0.622. The zero-order chi connectivity index (χ0) is 20.9. The molecule has 0 amide bonds. The zero-order valence-corrected chi connectivity index (χ0v) is 18.4. The topological polar surface area (TPSA) is 47.6 Å². The van der Waals surface area contributed by atoms with Gasteiger partial charge in [0, 0.05) is 11.6 Å².